The lowest BCUT2D eigenvalue weighted by Crippen LogP contribution is -2.41. The zero-order valence-electron chi connectivity index (χ0n) is 11.8. The molecule has 0 aliphatic heterocycles. The van der Waals surface area contributed by atoms with Crippen LogP contribution in [0.4, 0.5) is 0 Å². The van der Waals surface area contributed by atoms with Gasteiger partial charge in [0.1, 0.15) is 5.76 Å². The first-order valence-electron chi connectivity index (χ1n) is 7.09. The molecule has 1 amide bonds. The van der Waals surface area contributed by atoms with Gasteiger partial charge in [0.2, 0.25) is 0 Å². The fourth-order valence-electron chi connectivity index (χ4n) is 2.73. The number of carbonyl (C=O) groups is 1. The number of aromatic nitrogens is 1. The SMILES string of the molecule is Cc1occc1C(=O)N[C@H](c1ccccn1)C1CC(O)C1. The van der Waals surface area contributed by atoms with Gasteiger partial charge in [0.05, 0.1) is 29.7 Å². The summed E-state index contributed by atoms with van der Waals surface area (Å²) in [5.41, 5.74) is 1.36. The molecule has 110 valence electrons. The third-order valence-electron chi connectivity index (χ3n) is 4.02. The fourth-order valence-corrected chi connectivity index (χ4v) is 2.73. The Labute approximate surface area is 123 Å². The summed E-state index contributed by atoms with van der Waals surface area (Å²) in [6.07, 6.45) is 4.33. The zero-order valence-corrected chi connectivity index (χ0v) is 11.8. The minimum absolute atomic E-state index is 0.168. The van der Waals surface area contributed by atoms with Gasteiger partial charge in [-0.3, -0.25) is 9.78 Å². The predicted molar refractivity (Wildman–Crippen MR) is 76.6 cm³/mol. The number of aliphatic hydroxyl groups excluding tert-OH is 1. The van der Waals surface area contributed by atoms with Gasteiger partial charge in [-0.15, -0.1) is 0 Å². The summed E-state index contributed by atoms with van der Waals surface area (Å²) in [7, 11) is 0. The molecule has 0 unspecified atom stereocenters. The predicted octanol–water partition coefficient (Wildman–Crippen LogP) is 2.23. The topological polar surface area (TPSA) is 75.4 Å². The fraction of sp³-hybridized carbons (Fsp3) is 0.375. The van der Waals surface area contributed by atoms with E-state index < -0.39 is 0 Å². The van der Waals surface area contributed by atoms with Crippen LogP contribution in [-0.2, 0) is 0 Å². The van der Waals surface area contributed by atoms with Crippen LogP contribution >= 0.6 is 0 Å². The Morgan fingerprint density at radius 3 is 2.81 bits per heavy atom. The first-order chi connectivity index (χ1) is 10.1. The van der Waals surface area contributed by atoms with Crippen molar-refractivity contribution in [2.75, 3.05) is 0 Å². The molecule has 1 atom stereocenters. The Morgan fingerprint density at radius 1 is 1.43 bits per heavy atom. The second-order valence-electron chi connectivity index (χ2n) is 5.48. The number of aliphatic hydroxyl groups is 1. The lowest BCUT2D eigenvalue weighted by Gasteiger charge is -2.37. The van der Waals surface area contributed by atoms with Crippen molar-refractivity contribution in [3.05, 3.63) is 53.7 Å². The van der Waals surface area contributed by atoms with Crippen LogP contribution in [0.1, 0.15) is 40.7 Å². The highest BCUT2D eigenvalue weighted by molar-refractivity contribution is 5.95. The standard InChI is InChI=1S/C16H18N2O3/c1-10-13(5-7-21-10)16(20)18-15(11-8-12(19)9-11)14-4-2-3-6-17-14/h2-7,11-12,15,19H,8-9H2,1H3,(H,18,20)/t11?,12?,15-/m0/s1. The van der Waals surface area contributed by atoms with E-state index in [2.05, 4.69) is 10.3 Å². The van der Waals surface area contributed by atoms with Gasteiger partial charge in [-0.25, -0.2) is 0 Å². The molecule has 5 nitrogen and oxygen atoms in total. The lowest BCUT2D eigenvalue weighted by atomic mass is 9.76. The van der Waals surface area contributed by atoms with Gasteiger partial charge >= 0.3 is 0 Å². The molecule has 5 heteroatoms. The molecule has 2 aromatic heterocycles. The van der Waals surface area contributed by atoms with Gasteiger partial charge in [-0.2, -0.15) is 0 Å². The van der Waals surface area contributed by atoms with Crippen molar-refractivity contribution in [2.45, 2.75) is 31.9 Å². The minimum Gasteiger partial charge on any atom is -0.469 e. The van der Waals surface area contributed by atoms with E-state index in [1.54, 1.807) is 19.2 Å². The van der Waals surface area contributed by atoms with Gasteiger partial charge in [0.25, 0.3) is 5.91 Å². The number of carbonyl (C=O) groups excluding carboxylic acids is 1. The molecule has 0 saturated heterocycles. The number of aryl methyl sites for hydroxylation is 1. The largest absolute Gasteiger partial charge is 0.469 e. The molecular formula is C16H18N2O3. The van der Waals surface area contributed by atoms with Crippen molar-refractivity contribution in [1.82, 2.24) is 10.3 Å². The Kier molecular flexibility index (Phi) is 3.75. The highest BCUT2D eigenvalue weighted by atomic mass is 16.3. The molecule has 0 aromatic carbocycles. The molecule has 2 N–H and O–H groups in total. The summed E-state index contributed by atoms with van der Waals surface area (Å²) in [4.78, 5) is 16.7. The Hall–Kier alpha value is -2.14. The van der Waals surface area contributed by atoms with Gasteiger partial charge < -0.3 is 14.8 Å². The number of furan rings is 1. The van der Waals surface area contributed by atoms with E-state index in [4.69, 9.17) is 4.42 Å². The summed E-state index contributed by atoms with van der Waals surface area (Å²) >= 11 is 0. The van der Waals surface area contributed by atoms with E-state index >= 15 is 0 Å². The molecule has 1 aliphatic carbocycles. The van der Waals surface area contributed by atoms with Gasteiger partial charge in [0, 0.05) is 6.20 Å². The highest BCUT2D eigenvalue weighted by Gasteiger charge is 2.36. The quantitative estimate of drug-likeness (QED) is 0.903. The van der Waals surface area contributed by atoms with Crippen molar-refractivity contribution in [3.63, 3.8) is 0 Å². The van der Waals surface area contributed by atoms with Crippen molar-refractivity contribution in [2.24, 2.45) is 5.92 Å². The Balaban J connectivity index is 1.80. The van der Waals surface area contributed by atoms with Crippen LogP contribution in [0.3, 0.4) is 0 Å². The monoisotopic (exact) mass is 286 g/mol. The first kappa shape index (κ1) is 13.8. The smallest absolute Gasteiger partial charge is 0.255 e. The summed E-state index contributed by atoms with van der Waals surface area (Å²) in [6, 6.07) is 7.13. The van der Waals surface area contributed by atoms with Crippen molar-refractivity contribution < 1.29 is 14.3 Å². The summed E-state index contributed by atoms with van der Waals surface area (Å²) in [5, 5.41) is 12.6. The van der Waals surface area contributed by atoms with E-state index in [0.717, 1.165) is 5.69 Å². The molecule has 1 fully saturated rings. The minimum atomic E-state index is -0.270. The number of hydrogen-bond acceptors (Lipinski definition) is 4. The molecule has 0 bridgehead atoms. The summed E-state index contributed by atoms with van der Waals surface area (Å²) < 4.78 is 5.17. The zero-order chi connectivity index (χ0) is 14.8. The molecule has 3 rings (SSSR count). The maximum absolute atomic E-state index is 12.4. The normalized spacial score (nSPS) is 22.4. The van der Waals surface area contributed by atoms with Crippen molar-refractivity contribution in [3.8, 4) is 0 Å². The maximum atomic E-state index is 12.4. The number of pyridine rings is 1. The number of hydrogen-bond donors (Lipinski definition) is 2. The van der Waals surface area contributed by atoms with E-state index in [1.165, 1.54) is 6.26 Å². The van der Waals surface area contributed by atoms with Crippen LogP contribution in [0.15, 0.2) is 41.1 Å². The van der Waals surface area contributed by atoms with Crippen molar-refractivity contribution in [1.29, 1.82) is 0 Å². The molecule has 2 aromatic rings. The molecule has 1 aliphatic rings. The lowest BCUT2D eigenvalue weighted by molar-refractivity contribution is 0.0228. The summed E-state index contributed by atoms with van der Waals surface area (Å²) in [5.74, 6) is 0.644. The number of nitrogens with zero attached hydrogens (tertiary/aromatic N) is 1. The molecule has 21 heavy (non-hydrogen) atoms. The first-order valence-corrected chi connectivity index (χ1v) is 7.09. The second kappa shape index (κ2) is 5.69. The Bertz CT molecular complexity index is 617. The molecular weight excluding hydrogens is 268 g/mol. The van der Waals surface area contributed by atoms with Gasteiger partial charge in [-0.05, 0) is 43.9 Å². The number of rotatable bonds is 4. The highest BCUT2D eigenvalue weighted by Crippen LogP contribution is 2.37. The van der Waals surface area contributed by atoms with Crippen LogP contribution in [0.5, 0.6) is 0 Å². The van der Waals surface area contributed by atoms with Crippen LogP contribution in [0, 0.1) is 12.8 Å². The van der Waals surface area contributed by atoms with Crippen LogP contribution in [-0.4, -0.2) is 22.1 Å². The molecule has 0 radical (unpaired) electrons. The Morgan fingerprint density at radius 2 is 2.24 bits per heavy atom. The van der Waals surface area contributed by atoms with Gasteiger partial charge in [0.15, 0.2) is 0 Å². The van der Waals surface area contributed by atoms with E-state index in [-0.39, 0.29) is 24.0 Å². The van der Waals surface area contributed by atoms with Crippen LogP contribution in [0.2, 0.25) is 0 Å². The van der Waals surface area contributed by atoms with E-state index in [1.807, 2.05) is 18.2 Å². The van der Waals surface area contributed by atoms with E-state index in [0.29, 0.717) is 24.2 Å². The maximum Gasteiger partial charge on any atom is 0.255 e. The molecule has 0 spiro atoms. The summed E-state index contributed by atoms with van der Waals surface area (Å²) in [6.45, 7) is 1.76. The number of amides is 1. The van der Waals surface area contributed by atoms with Crippen LogP contribution < -0.4 is 5.32 Å². The number of nitrogens with one attached hydrogen (secondary N) is 1. The van der Waals surface area contributed by atoms with Gasteiger partial charge in [-0.1, -0.05) is 6.07 Å². The third-order valence-corrected chi connectivity index (χ3v) is 4.02. The van der Waals surface area contributed by atoms with E-state index in [9.17, 15) is 9.90 Å². The second-order valence-corrected chi connectivity index (χ2v) is 5.48. The van der Waals surface area contributed by atoms with Crippen molar-refractivity contribution >= 4 is 5.91 Å². The average Bonchev–Trinajstić information content (AvgIpc) is 2.89. The molecule has 2 heterocycles. The average molecular weight is 286 g/mol. The van der Waals surface area contributed by atoms with Crippen LogP contribution in [0.25, 0.3) is 0 Å². The third kappa shape index (κ3) is 2.83. The molecule has 1 saturated carbocycles.